The molecule has 0 radical (unpaired) electrons. The topological polar surface area (TPSA) is 55.1 Å². The fourth-order valence-corrected chi connectivity index (χ4v) is 2.01. The van der Waals surface area contributed by atoms with Crippen LogP contribution in [0.1, 0.15) is 21.5 Å². The molecule has 0 fully saturated rings. The van der Waals surface area contributed by atoms with E-state index in [0.717, 1.165) is 11.4 Å². The van der Waals surface area contributed by atoms with Gasteiger partial charge >= 0.3 is 0 Å². The van der Waals surface area contributed by atoms with Gasteiger partial charge in [0.1, 0.15) is 0 Å². The van der Waals surface area contributed by atoms with Crippen molar-refractivity contribution in [2.24, 2.45) is 5.73 Å². The molecule has 0 bridgehead atoms. The summed E-state index contributed by atoms with van der Waals surface area (Å²) in [5.74, 6) is -0.428. The number of carbonyl (C=O) groups is 1. The molecule has 92 valence electrons. The molecule has 2 aromatic rings. The Bertz CT molecular complexity index is 571. The van der Waals surface area contributed by atoms with E-state index in [2.05, 4.69) is 11.4 Å². The van der Waals surface area contributed by atoms with Crippen molar-refractivity contribution < 1.29 is 4.79 Å². The lowest BCUT2D eigenvalue weighted by molar-refractivity contribution is 0.100. The largest absolute Gasteiger partial charge is 0.366 e. The van der Waals surface area contributed by atoms with Crippen LogP contribution in [0.15, 0.2) is 42.5 Å². The molecule has 0 heterocycles. The van der Waals surface area contributed by atoms with Crippen molar-refractivity contribution in [2.75, 3.05) is 5.32 Å². The number of anilines is 2. The van der Waals surface area contributed by atoms with Crippen molar-refractivity contribution in [1.29, 1.82) is 0 Å². The van der Waals surface area contributed by atoms with Crippen LogP contribution in [0.25, 0.3) is 0 Å². The first-order chi connectivity index (χ1) is 8.56. The van der Waals surface area contributed by atoms with Crippen LogP contribution >= 0.6 is 0 Å². The standard InChI is InChI=1S/C15H16N2O/c1-10-7-11(2)9-12(8-10)17-14-6-4-3-5-13(14)15(16)18/h3-9,17H,1-2H3,(H2,16,18). The van der Waals surface area contributed by atoms with E-state index in [9.17, 15) is 4.79 Å². The van der Waals surface area contributed by atoms with E-state index in [-0.39, 0.29) is 0 Å². The maximum absolute atomic E-state index is 11.3. The molecule has 1 amide bonds. The SMILES string of the molecule is Cc1cc(C)cc(Nc2ccccc2C(N)=O)c1. The average molecular weight is 240 g/mol. The summed E-state index contributed by atoms with van der Waals surface area (Å²) < 4.78 is 0. The number of nitrogens with one attached hydrogen (secondary N) is 1. The number of hydrogen-bond donors (Lipinski definition) is 2. The van der Waals surface area contributed by atoms with Crippen molar-refractivity contribution in [1.82, 2.24) is 0 Å². The van der Waals surface area contributed by atoms with Gasteiger partial charge in [-0.2, -0.15) is 0 Å². The molecular weight excluding hydrogens is 224 g/mol. The van der Waals surface area contributed by atoms with E-state index in [1.165, 1.54) is 11.1 Å². The highest BCUT2D eigenvalue weighted by atomic mass is 16.1. The monoisotopic (exact) mass is 240 g/mol. The van der Waals surface area contributed by atoms with Gasteiger partial charge in [0.2, 0.25) is 0 Å². The summed E-state index contributed by atoms with van der Waals surface area (Å²) in [5.41, 5.74) is 9.89. The molecule has 3 nitrogen and oxygen atoms in total. The second-order valence-corrected chi connectivity index (χ2v) is 4.41. The molecule has 0 spiro atoms. The number of rotatable bonds is 3. The van der Waals surface area contributed by atoms with Crippen molar-refractivity contribution >= 4 is 17.3 Å². The Balaban J connectivity index is 2.37. The number of hydrogen-bond acceptors (Lipinski definition) is 2. The predicted molar refractivity (Wildman–Crippen MR) is 74.2 cm³/mol. The molecule has 18 heavy (non-hydrogen) atoms. The van der Waals surface area contributed by atoms with E-state index >= 15 is 0 Å². The van der Waals surface area contributed by atoms with E-state index < -0.39 is 5.91 Å². The third kappa shape index (κ3) is 2.69. The highest BCUT2D eigenvalue weighted by molar-refractivity contribution is 5.99. The summed E-state index contributed by atoms with van der Waals surface area (Å²) in [6.45, 7) is 4.08. The minimum Gasteiger partial charge on any atom is -0.366 e. The van der Waals surface area contributed by atoms with Crippen molar-refractivity contribution in [3.63, 3.8) is 0 Å². The molecule has 0 atom stereocenters. The second-order valence-electron chi connectivity index (χ2n) is 4.41. The smallest absolute Gasteiger partial charge is 0.250 e. The number of para-hydroxylation sites is 1. The average Bonchev–Trinajstić information content (AvgIpc) is 2.27. The zero-order valence-corrected chi connectivity index (χ0v) is 10.5. The quantitative estimate of drug-likeness (QED) is 0.865. The summed E-state index contributed by atoms with van der Waals surface area (Å²) in [6.07, 6.45) is 0. The van der Waals surface area contributed by atoms with Crippen LogP contribution in [0.2, 0.25) is 0 Å². The molecule has 0 aliphatic carbocycles. The summed E-state index contributed by atoms with van der Waals surface area (Å²) in [4.78, 5) is 11.3. The molecule has 0 aliphatic rings. The lowest BCUT2D eigenvalue weighted by atomic mass is 10.1. The lowest BCUT2D eigenvalue weighted by Gasteiger charge is -2.11. The maximum Gasteiger partial charge on any atom is 0.250 e. The van der Waals surface area contributed by atoms with Gasteiger partial charge in [-0.3, -0.25) is 4.79 Å². The maximum atomic E-state index is 11.3. The lowest BCUT2D eigenvalue weighted by Crippen LogP contribution is -2.13. The van der Waals surface area contributed by atoms with Crippen LogP contribution in [0, 0.1) is 13.8 Å². The number of carbonyl (C=O) groups excluding carboxylic acids is 1. The van der Waals surface area contributed by atoms with Gasteiger partial charge in [0.05, 0.1) is 11.3 Å². The summed E-state index contributed by atoms with van der Waals surface area (Å²) in [6, 6.07) is 13.4. The van der Waals surface area contributed by atoms with E-state index in [4.69, 9.17) is 5.73 Å². The zero-order valence-electron chi connectivity index (χ0n) is 10.5. The Hall–Kier alpha value is -2.29. The third-order valence-electron chi connectivity index (χ3n) is 2.69. The van der Waals surface area contributed by atoms with E-state index in [0.29, 0.717) is 5.56 Å². The Labute approximate surface area is 107 Å². The van der Waals surface area contributed by atoms with Crippen LogP contribution in [-0.2, 0) is 0 Å². The number of aryl methyl sites for hydroxylation is 2. The van der Waals surface area contributed by atoms with Crippen LogP contribution in [-0.4, -0.2) is 5.91 Å². The molecule has 3 N–H and O–H groups in total. The minimum absolute atomic E-state index is 0.428. The van der Waals surface area contributed by atoms with E-state index in [1.54, 1.807) is 12.1 Å². The van der Waals surface area contributed by atoms with Gasteiger partial charge < -0.3 is 11.1 Å². The first-order valence-electron chi connectivity index (χ1n) is 5.80. The van der Waals surface area contributed by atoms with Crippen LogP contribution in [0.4, 0.5) is 11.4 Å². The third-order valence-corrected chi connectivity index (χ3v) is 2.69. The van der Waals surface area contributed by atoms with Crippen LogP contribution < -0.4 is 11.1 Å². The van der Waals surface area contributed by atoms with Crippen molar-refractivity contribution in [3.8, 4) is 0 Å². The first kappa shape index (κ1) is 12.2. The minimum atomic E-state index is -0.428. The van der Waals surface area contributed by atoms with Crippen LogP contribution in [0.3, 0.4) is 0 Å². The first-order valence-corrected chi connectivity index (χ1v) is 5.80. The molecule has 0 saturated carbocycles. The molecule has 3 heteroatoms. The highest BCUT2D eigenvalue weighted by Gasteiger charge is 2.07. The molecule has 0 aliphatic heterocycles. The van der Waals surface area contributed by atoms with Gasteiger partial charge in [0, 0.05) is 5.69 Å². The fourth-order valence-electron chi connectivity index (χ4n) is 2.01. The Morgan fingerprint density at radius 3 is 2.28 bits per heavy atom. The van der Waals surface area contributed by atoms with Crippen molar-refractivity contribution in [3.05, 3.63) is 59.2 Å². The number of benzene rings is 2. The fraction of sp³-hybridized carbons (Fsp3) is 0.133. The van der Waals surface area contributed by atoms with Crippen LogP contribution in [0.5, 0.6) is 0 Å². The molecular formula is C15H16N2O. The van der Waals surface area contributed by atoms with Gasteiger partial charge in [-0.05, 0) is 49.2 Å². The Morgan fingerprint density at radius 1 is 1.06 bits per heavy atom. The highest BCUT2D eigenvalue weighted by Crippen LogP contribution is 2.22. The summed E-state index contributed by atoms with van der Waals surface area (Å²) in [5, 5.41) is 3.23. The molecule has 2 rings (SSSR count). The number of amides is 1. The van der Waals surface area contributed by atoms with Gasteiger partial charge in [-0.15, -0.1) is 0 Å². The summed E-state index contributed by atoms with van der Waals surface area (Å²) >= 11 is 0. The van der Waals surface area contributed by atoms with Gasteiger partial charge in [-0.1, -0.05) is 18.2 Å². The van der Waals surface area contributed by atoms with E-state index in [1.807, 2.05) is 38.1 Å². The van der Waals surface area contributed by atoms with Gasteiger partial charge in [0.15, 0.2) is 0 Å². The number of nitrogens with two attached hydrogens (primary N) is 1. The Morgan fingerprint density at radius 2 is 1.67 bits per heavy atom. The Kier molecular flexibility index (Phi) is 3.33. The van der Waals surface area contributed by atoms with Gasteiger partial charge in [0.25, 0.3) is 5.91 Å². The molecule has 0 unspecified atom stereocenters. The molecule has 2 aromatic carbocycles. The molecule has 0 saturated heterocycles. The second kappa shape index (κ2) is 4.92. The predicted octanol–water partition coefficient (Wildman–Crippen LogP) is 3.15. The number of primary amides is 1. The van der Waals surface area contributed by atoms with Gasteiger partial charge in [-0.25, -0.2) is 0 Å². The summed E-state index contributed by atoms with van der Waals surface area (Å²) in [7, 11) is 0. The van der Waals surface area contributed by atoms with Crippen molar-refractivity contribution in [2.45, 2.75) is 13.8 Å². The molecule has 0 aromatic heterocycles. The normalized spacial score (nSPS) is 10.1. The zero-order chi connectivity index (χ0) is 13.1.